The van der Waals surface area contributed by atoms with E-state index in [-0.39, 0.29) is 6.03 Å². The number of urea groups is 1. The van der Waals surface area contributed by atoms with Crippen molar-refractivity contribution in [2.24, 2.45) is 0 Å². The molecule has 0 aromatic carbocycles. The van der Waals surface area contributed by atoms with Crippen LogP contribution in [0.4, 0.5) is 10.6 Å². The number of carbonyl (C=O) groups excluding carboxylic acids is 1. The normalized spacial score (nSPS) is 16.4. The molecule has 1 saturated heterocycles. The molecule has 2 amide bonds. The molecular formula is C18H27N5O. The molecule has 6 nitrogen and oxygen atoms in total. The van der Waals surface area contributed by atoms with Crippen LogP contribution in [-0.2, 0) is 0 Å². The molecule has 24 heavy (non-hydrogen) atoms. The maximum absolute atomic E-state index is 11.9. The molecule has 2 aromatic heterocycles. The second-order valence-electron chi connectivity index (χ2n) is 6.65. The number of likely N-dealkylation sites (tertiary alicyclic amines) is 1. The van der Waals surface area contributed by atoms with Gasteiger partial charge in [0.25, 0.3) is 0 Å². The fourth-order valence-corrected chi connectivity index (χ4v) is 3.26. The number of unbranched alkanes of at least 4 members (excludes halogenated alkanes) is 1. The molecule has 2 aromatic rings. The molecule has 3 heterocycles. The molecule has 0 radical (unpaired) electrons. The Labute approximate surface area is 143 Å². The van der Waals surface area contributed by atoms with Crippen LogP contribution in [0.25, 0.3) is 11.0 Å². The van der Waals surface area contributed by atoms with Crippen LogP contribution in [0.15, 0.2) is 18.3 Å². The van der Waals surface area contributed by atoms with Crippen molar-refractivity contribution in [3.63, 3.8) is 0 Å². The monoisotopic (exact) mass is 329 g/mol. The Morgan fingerprint density at radius 3 is 2.92 bits per heavy atom. The summed E-state index contributed by atoms with van der Waals surface area (Å²) in [5, 5.41) is 5.69. The number of nitrogens with one attached hydrogen (secondary N) is 3. The van der Waals surface area contributed by atoms with Gasteiger partial charge in [0.2, 0.25) is 0 Å². The summed E-state index contributed by atoms with van der Waals surface area (Å²) >= 11 is 0. The standard InChI is InChI=1S/C18H27N5O/c1-3-4-9-19-18(24)22-16-6-5-15-17(21-16)14(12-20-15)13-7-10-23(2)11-8-13/h5-6,12-13,20H,3-4,7-11H2,1-2H3,(H2,19,21,22,24). The van der Waals surface area contributed by atoms with Gasteiger partial charge in [0.15, 0.2) is 0 Å². The van der Waals surface area contributed by atoms with Crippen LogP contribution in [0.1, 0.15) is 44.1 Å². The van der Waals surface area contributed by atoms with E-state index in [1.165, 1.54) is 5.56 Å². The Morgan fingerprint density at radius 1 is 1.38 bits per heavy atom. The van der Waals surface area contributed by atoms with Crippen molar-refractivity contribution in [3.8, 4) is 0 Å². The van der Waals surface area contributed by atoms with Crippen molar-refractivity contribution in [2.45, 2.75) is 38.5 Å². The Bertz CT molecular complexity index is 688. The van der Waals surface area contributed by atoms with E-state index >= 15 is 0 Å². The first kappa shape index (κ1) is 16.8. The molecule has 0 aliphatic carbocycles. The number of hydrogen-bond acceptors (Lipinski definition) is 3. The fourth-order valence-electron chi connectivity index (χ4n) is 3.26. The number of nitrogens with zero attached hydrogens (tertiary/aromatic N) is 2. The summed E-state index contributed by atoms with van der Waals surface area (Å²) < 4.78 is 0. The number of rotatable bonds is 5. The first-order chi connectivity index (χ1) is 11.7. The van der Waals surface area contributed by atoms with Crippen molar-refractivity contribution in [2.75, 3.05) is 32.0 Å². The molecule has 1 aliphatic rings. The summed E-state index contributed by atoms with van der Waals surface area (Å²) in [6.45, 7) is 5.03. The van der Waals surface area contributed by atoms with Gasteiger partial charge in [-0.1, -0.05) is 13.3 Å². The van der Waals surface area contributed by atoms with Gasteiger partial charge >= 0.3 is 6.03 Å². The number of aromatic nitrogens is 2. The minimum absolute atomic E-state index is 0.188. The zero-order chi connectivity index (χ0) is 16.9. The zero-order valence-corrected chi connectivity index (χ0v) is 14.6. The van der Waals surface area contributed by atoms with Crippen LogP contribution in [0.5, 0.6) is 0 Å². The third-order valence-electron chi connectivity index (χ3n) is 4.77. The van der Waals surface area contributed by atoms with E-state index in [0.29, 0.717) is 18.3 Å². The average Bonchev–Trinajstić information content (AvgIpc) is 2.99. The third kappa shape index (κ3) is 3.87. The molecular weight excluding hydrogens is 302 g/mol. The van der Waals surface area contributed by atoms with E-state index < -0.39 is 0 Å². The Balaban J connectivity index is 1.72. The lowest BCUT2D eigenvalue weighted by Gasteiger charge is -2.28. The third-order valence-corrected chi connectivity index (χ3v) is 4.77. The molecule has 6 heteroatoms. The van der Waals surface area contributed by atoms with Crippen molar-refractivity contribution in [1.29, 1.82) is 0 Å². The minimum Gasteiger partial charge on any atom is -0.360 e. The number of piperidine rings is 1. The Kier molecular flexibility index (Phi) is 5.35. The van der Waals surface area contributed by atoms with Crippen molar-refractivity contribution in [3.05, 3.63) is 23.9 Å². The highest BCUT2D eigenvalue weighted by Gasteiger charge is 2.22. The lowest BCUT2D eigenvalue weighted by atomic mass is 9.91. The van der Waals surface area contributed by atoms with E-state index in [1.807, 2.05) is 12.1 Å². The molecule has 3 rings (SSSR count). The molecule has 0 saturated carbocycles. The van der Waals surface area contributed by atoms with E-state index in [2.05, 4.69) is 45.7 Å². The summed E-state index contributed by atoms with van der Waals surface area (Å²) in [6, 6.07) is 3.64. The van der Waals surface area contributed by atoms with Gasteiger partial charge in [0.1, 0.15) is 5.82 Å². The number of anilines is 1. The highest BCUT2D eigenvalue weighted by atomic mass is 16.2. The van der Waals surface area contributed by atoms with Gasteiger partial charge in [-0.25, -0.2) is 9.78 Å². The maximum atomic E-state index is 11.9. The van der Waals surface area contributed by atoms with Gasteiger partial charge in [-0.05, 0) is 63.0 Å². The zero-order valence-electron chi connectivity index (χ0n) is 14.6. The summed E-state index contributed by atoms with van der Waals surface area (Å²) in [7, 11) is 2.17. The van der Waals surface area contributed by atoms with Gasteiger partial charge in [-0.3, -0.25) is 5.32 Å². The molecule has 0 bridgehead atoms. The molecule has 1 aliphatic heterocycles. The van der Waals surface area contributed by atoms with E-state index in [9.17, 15) is 4.79 Å². The van der Waals surface area contributed by atoms with Crippen LogP contribution in [0.3, 0.4) is 0 Å². The van der Waals surface area contributed by atoms with Crippen molar-refractivity contribution < 1.29 is 4.79 Å². The number of H-pyrrole nitrogens is 1. The van der Waals surface area contributed by atoms with Crippen LogP contribution in [0.2, 0.25) is 0 Å². The first-order valence-electron chi connectivity index (χ1n) is 8.88. The molecule has 0 spiro atoms. The lowest BCUT2D eigenvalue weighted by molar-refractivity contribution is 0.252. The van der Waals surface area contributed by atoms with Gasteiger partial charge in [-0.2, -0.15) is 0 Å². The molecule has 3 N–H and O–H groups in total. The second-order valence-corrected chi connectivity index (χ2v) is 6.65. The molecule has 0 unspecified atom stereocenters. The van der Waals surface area contributed by atoms with E-state index in [4.69, 9.17) is 0 Å². The van der Waals surface area contributed by atoms with Crippen LogP contribution in [0, 0.1) is 0 Å². The smallest absolute Gasteiger partial charge is 0.320 e. The molecule has 0 atom stereocenters. The molecule has 130 valence electrons. The number of carbonyl (C=O) groups is 1. The number of aromatic amines is 1. The number of amides is 2. The van der Waals surface area contributed by atoms with Crippen LogP contribution >= 0.6 is 0 Å². The quantitative estimate of drug-likeness (QED) is 0.737. The largest absolute Gasteiger partial charge is 0.360 e. The number of fused-ring (bicyclic) bond motifs is 1. The predicted molar refractivity (Wildman–Crippen MR) is 97.5 cm³/mol. The van der Waals surface area contributed by atoms with Crippen LogP contribution in [-0.4, -0.2) is 47.6 Å². The highest BCUT2D eigenvalue weighted by Crippen LogP contribution is 2.32. The number of pyridine rings is 1. The second kappa shape index (κ2) is 7.66. The highest BCUT2D eigenvalue weighted by molar-refractivity contribution is 5.90. The first-order valence-corrected chi connectivity index (χ1v) is 8.88. The summed E-state index contributed by atoms with van der Waals surface area (Å²) in [5.41, 5.74) is 3.28. The van der Waals surface area contributed by atoms with Gasteiger partial charge in [0.05, 0.1) is 11.0 Å². The minimum atomic E-state index is -0.188. The maximum Gasteiger partial charge on any atom is 0.320 e. The van der Waals surface area contributed by atoms with E-state index in [1.54, 1.807) is 0 Å². The number of hydrogen-bond donors (Lipinski definition) is 3. The lowest BCUT2D eigenvalue weighted by Crippen LogP contribution is -2.30. The average molecular weight is 329 g/mol. The molecule has 1 fully saturated rings. The van der Waals surface area contributed by atoms with Crippen molar-refractivity contribution in [1.82, 2.24) is 20.2 Å². The predicted octanol–water partition coefficient (Wildman–Crippen LogP) is 3.29. The van der Waals surface area contributed by atoms with Crippen molar-refractivity contribution >= 4 is 22.9 Å². The van der Waals surface area contributed by atoms with Gasteiger partial charge < -0.3 is 15.2 Å². The summed E-state index contributed by atoms with van der Waals surface area (Å²) in [4.78, 5) is 22.3. The van der Waals surface area contributed by atoms with Crippen LogP contribution < -0.4 is 10.6 Å². The SMILES string of the molecule is CCCCNC(=O)Nc1ccc2[nH]cc(C3CCN(C)CC3)c2n1. The Hall–Kier alpha value is -2.08. The Morgan fingerprint density at radius 2 is 2.17 bits per heavy atom. The summed E-state index contributed by atoms with van der Waals surface area (Å²) in [5.74, 6) is 1.14. The van der Waals surface area contributed by atoms with Gasteiger partial charge in [-0.15, -0.1) is 0 Å². The summed E-state index contributed by atoms with van der Waals surface area (Å²) in [6.07, 6.45) is 6.44. The van der Waals surface area contributed by atoms with E-state index in [0.717, 1.165) is 49.8 Å². The topological polar surface area (TPSA) is 73.1 Å². The fraction of sp³-hybridized carbons (Fsp3) is 0.556. The van der Waals surface area contributed by atoms with Gasteiger partial charge in [0, 0.05) is 12.7 Å².